The van der Waals surface area contributed by atoms with Crippen molar-refractivity contribution in [2.45, 2.75) is 12.6 Å². The first-order chi connectivity index (χ1) is 12.7. The summed E-state index contributed by atoms with van der Waals surface area (Å²) in [5, 5.41) is 1.17. The van der Waals surface area contributed by atoms with Crippen LogP contribution in [0.4, 0.5) is 4.39 Å². The highest BCUT2D eigenvalue weighted by atomic mass is 19.1. The maximum absolute atomic E-state index is 13.2. The molecule has 1 fully saturated rings. The summed E-state index contributed by atoms with van der Waals surface area (Å²) < 4.78 is 13.2. The molecule has 0 aliphatic carbocycles. The normalized spacial score (nSPS) is 20.1. The minimum atomic E-state index is -0.197. The smallest absolute Gasteiger partial charge is 0.123 e. The van der Waals surface area contributed by atoms with Crippen molar-refractivity contribution in [1.82, 2.24) is 20.7 Å². The predicted molar refractivity (Wildman–Crippen MR) is 102 cm³/mol. The molecule has 4 rings (SSSR count). The van der Waals surface area contributed by atoms with Crippen molar-refractivity contribution in [3.8, 4) is 0 Å². The van der Waals surface area contributed by atoms with Crippen molar-refractivity contribution < 1.29 is 4.39 Å². The first kappa shape index (κ1) is 17.1. The van der Waals surface area contributed by atoms with Crippen LogP contribution in [0.25, 0.3) is 10.9 Å². The fourth-order valence-electron chi connectivity index (χ4n) is 3.71. The van der Waals surface area contributed by atoms with Gasteiger partial charge in [0.05, 0.1) is 11.6 Å². The van der Waals surface area contributed by atoms with Gasteiger partial charge < -0.3 is 4.90 Å². The van der Waals surface area contributed by atoms with E-state index in [9.17, 15) is 4.39 Å². The van der Waals surface area contributed by atoms with Gasteiger partial charge in [0.25, 0.3) is 0 Å². The van der Waals surface area contributed by atoms with Gasteiger partial charge in [-0.15, -0.1) is 0 Å². The number of hydrogen-bond donors (Lipinski definition) is 2. The summed E-state index contributed by atoms with van der Waals surface area (Å²) in [6.07, 6.45) is 1.96. The zero-order valence-corrected chi connectivity index (χ0v) is 14.8. The monoisotopic (exact) mass is 350 g/mol. The van der Waals surface area contributed by atoms with E-state index >= 15 is 0 Å². The summed E-state index contributed by atoms with van der Waals surface area (Å²) in [5.74, 6) is 0.219. The summed E-state index contributed by atoms with van der Waals surface area (Å²) in [5.41, 5.74) is 9.92. The molecule has 4 nitrogen and oxygen atoms in total. The summed E-state index contributed by atoms with van der Waals surface area (Å²) in [4.78, 5) is 6.87. The Morgan fingerprint density at radius 1 is 1.15 bits per heavy atom. The molecule has 0 spiro atoms. The van der Waals surface area contributed by atoms with E-state index in [0.29, 0.717) is 5.92 Å². The lowest BCUT2D eigenvalue weighted by molar-refractivity contribution is 0.262. The number of benzene rings is 2. The van der Waals surface area contributed by atoms with E-state index in [2.05, 4.69) is 39.9 Å². The lowest BCUT2D eigenvalue weighted by Gasteiger charge is -2.25. The van der Waals surface area contributed by atoms with E-state index in [1.165, 1.54) is 23.1 Å². The second-order valence-corrected chi connectivity index (χ2v) is 7.05. The molecule has 0 saturated carbocycles. The molecule has 1 aromatic heterocycles. The molecule has 3 aromatic rings. The van der Waals surface area contributed by atoms with Gasteiger partial charge in [0.1, 0.15) is 5.82 Å². The molecule has 2 aromatic carbocycles. The van der Waals surface area contributed by atoms with Crippen molar-refractivity contribution in [2.75, 3.05) is 20.1 Å². The fourth-order valence-corrected chi connectivity index (χ4v) is 3.71. The number of para-hydroxylation sites is 1. The van der Waals surface area contributed by atoms with E-state index in [4.69, 9.17) is 0 Å². The van der Waals surface area contributed by atoms with Crippen LogP contribution in [0.2, 0.25) is 0 Å². The van der Waals surface area contributed by atoms with Gasteiger partial charge in [-0.05, 0) is 42.4 Å². The third-order valence-electron chi connectivity index (χ3n) is 4.97. The Bertz CT molecular complexity index is 881. The number of fused-ring (bicyclic) bond motifs is 1. The third kappa shape index (κ3) is 3.75. The Labute approximate surface area is 153 Å². The van der Waals surface area contributed by atoms with Gasteiger partial charge in [0.2, 0.25) is 0 Å². The SMILES string of the molecule is CN(Cc1cnc2ccccc2c1)CC1CNNC1c1ccc(F)cc1. The highest BCUT2D eigenvalue weighted by molar-refractivity contribution is 5.78. The molecule has 26 heavy (non-hydrogen) atoms. The number of aromatic nitrogens is 1. The van der Waals surface area contributed by atoms with E-state index in [1.807, 2.05) is 36.5 Å². The van der Waals surface area contributed by atoms with E-state index in [1.54, 1.807) is 0 Å². The van der Waals surface area contributed by atoms with Gasteiger partial charge in [-0.2, -0.15) is 0 Å². The Morgan fingerprint density at radius 3 is 2.81 bits per heavy atom. The second-order valence-electron chi connectivity index (χ2n) is 7.05. The van der Waals surface area contributed by atoms with Crippen LogP contribution in [0.5, 0.6) is 0 Å². The van der Waals surface area contributed by atoms with Crippen LogP contribution < -0.4 is 10.9 Å². The lowest BCUT2D eigenvalue weighted by Crippen LogP contribution is -2.30. The van der Waals surface area contributed by atoms with Gasteiger partial charge in [-0.1, -0.05) is 30.3 Å². The molecule has 1 saturated heterocycles. The Balaban J connectivity index is 1.43. The Kier molecular flexibility index (Phi) is 4.93. The van der Waals surface area contributed by atoms with Crippen LogP contribution in [0, 0.1) is 11.7 Å². The number of hydrogen-bond acceptors (Lipinski definition) is 4. The number of nitrogens with zero attached hydrogens (tertiary/aromatic N) is 2. The van der Waals surface area contributed by atoms with Crippen molar-refractivity contribution in [2.24, 2.45) is 5.92 Å². The van der Waals surface area contributed by atoms with E-state index in [0.717, 1.165) is 30.7 Å². The number of rotatable bonds is 5. The van der Waals surface area contributed by atoms with Crippen LogP contribution in [0.1, 0.15) is 17.2 Å². The molecule has 2 unspecified atom stereocenters. The van der Waals surface area contributed by atoms with Crippen molar-refractivity contribution >= 4 is 10.9 Å². The molecular formula is C21H23FN4. The zero-order chi connectivity index (χ0) is 17.9. The van der Waals surface area contributed by atoms with Crippen LogP contribution in [-0.4, -0.2) is 30.0 Å². The van der Waals surface area contributed by atoms with Crippen LogP contribution >= 0.6 is 0 Å². The predicted octanol–water partition coefficient (Wildman–Crippen LogP) is 3.27. The number of pyridine rings is 1. The first-order valence-corrected chi connectivity index (χ1v) is 8.95. The van der Waals surface area contributed by atoms with Crippen molar-refractivity contribution in [3.63, 3.8) is 0 Å². The average Bonchev–Trinajstić information content (AvgIpc) is 3.10. The van der Waals surface area contributed by atoms with E-state index < -0.39 is 0 Å². The number of nitrogens with one attached hydrogen (secondary N) is 2. The minimum Gasteiger partial charge on any atom is -0.302 e. The Hall–Kier alpha value is -2.34. The largest absolute Gasteiger partial charge is 0.302 e. The zero-order valence-electron chi connectivity index (χ0n) is 14.8. The molecule has 134 valence electrons. The molecular weight excluding hydrogens is 327 g/mol. The van der Waals surface area contributed by atoms with Crippen LogP contribution in [-0.2, 0) is 6.54 Å². The van der Waals surface area contributed by atoms with Gasteiger partial charge in [0.15, 0.2) is 0 Å². The molecule has 0 bridgehead atoms. The van der Waals surface area contributed by atoms with Crippen LogP contribution in [0.3, 0.4) is 0 Å². The van der Waals surface area contributed by atoms with Crippen molar-refractivity contribution in [1.29, 1.82) is 0 Å². The highest BCUT2D eigenvalue weighted by Gasteiger charge is 2.29. The third-order valence-corrected chi connectivity index (χ3v) is 4.97. The van der Waals surface area contributed by atoms with Gasteiger partial charge in [0, 0.05) is 37.1 Å². The Morgan fingerprint density at radius 2 is 1.96 bits per heavy atom. The van der Waals surface area contributed by atoms with Crippen molar-refractivity contribution in [3.05, 3.63) is 77.7 Å². The molecule has 5 heteroatoms. The standard InChI is InChI=1S/C21H23FN4/c1-26(13-15-10-17-4-2-3-5-20(17)23-11-15)14-18-12-24-25-21(18)16-6-8-19(22)9-7-16/h2-11,18,21,24-25H,12-14H2,1H3. The number of hydrazine groups is 1. The minimum absolute atomic E-state index is 0.188. The maximum Gasteiger partial charge on any atom is 0.123 e. The van der Waals surface area contributed by atoms with E-state index in [-0.39, 0.29) is 11.9 Å². The second kappa shape index (κ2) is 7.50. The quantitative estimate of drug-likeness (QED) is 0.741. The molecule has 0 radical (unpaired) electrons. The summed E-state index contributed by atoms with van der Waals surface area (Å²) >= 11 is 0. The molecule has 2 heterocycles. The molecule has 2 N–H and O–H groups in total. The average molecular weight is 350 g/mol. The summed E-state index contributed by atoms with van der Waals surface area (Å²) in [6, 6.07) is 17.4. The first-order valence-electron chi connectivity index (χ1n) is 8.95. The summed E-state index contributed by atoms with van der Waals surface area (Å²) in [6.45, 7) is 2.68. The van der Waals surface area contributed by atoms with Crippen LogP contribution in [0.15, 0.2) is 60.8 Å². The molecule has 1 aliphatic heterocycles. The molecule has 2 atom stereocenters. The van der Waals surface area contributed by atoms with Gasteiger partial charge >= 0.3 is 0 Å². The topological polar surface area (TPSA) is 40.2 Å². The number of halogens is 1. The maximum atomic E-state index is 13.2. The van der Waals surface area contributed by atoms with Gasteiger partial charge in [-0.25, -0.2) is 9.82 Å². The molecule has 1 aliphatic rings. The lowest BCUT2D eigenvalue weighted by atomic mass is 9.94. The summed E-state index contributed by atoms with van der Waals surface area (Å²) in [7, 11) is 2.13. The van der Waals surface area contributed by atoms with Gasteiger partial charge in [-0.3, -0.25) is 10.4 Å². The highest BCUT2D eigenvalue weighted by Crippen LogP contribution is 2.26. The fraction of sp³-hybridized carbons (Fsp3) is 0.286. The molecule has 0 amide bonds.